The molecule has 0 atom stereocenters. The number of ether oxygens (including phenoxy) is 1. The Bertz CT molecular complexity index is 972. The number of hydrogen-bond acceptors (Lipinski definition) is 4. The van der Waals surface area contributed by atoms with Crippen LogP contribution >= 0.6 is 46.8 Å². The van der Waals surface area contributed by atoms with Crippen molar-refractivity contribution < 1.29 is 9.53 Å². The molecule has 0 aliphatic heterocycles. The molecule has 2 N–H and O–H groups in total. The van der Waals surface area contributed by atoms with E-state index in [2.05, 4.69) is 10.6 Å². The molecule has 4 nitrogen and oxygen atoms in total. The number of anilines is 1. The Kier molecular flexibility index (Phi) is 5.44. The molecule has 0 saturated heterocycles. The van der Waals surface area contributed by atoms with Crippen molar-refractivity contribution in [1.29, 1.82) is 0 Å². The van der Waals surface area contributed by atoms with E-state index in [4.69, 9.17) is 40.2 Å². The van der Waals surface area contributed by atoms with E-state index in [-0.39, 0.29) is 11.0 Å². The van der Waals surface area contributed by atoms with Crippen molar-refractivity contribution in [2.24, 2.45) is 0 Å². The number of amides is 1. The summed E-state index contributed by atoms with van der Waals surface area (Å²) < 4.78 is 6.04. The smallest absolute Gasteiger partial charge is 0.269 e. The summed E-state index contributed by atoms with van der Waals surface area (Å²) in [5.41, 5.74) is 0.638. The number of thiocarbonyl (C=S) groups is 1. The third kappa shape index (κ3) is 3.88. The molecule has 0 radical (unpaired) electrons. The SMILES string of the molecule is COc1ccc(NC(=S)NC(=O)c2sc3ccccc3c2Cl)cc1Cl. The normalized spacial score (nSPS) is 10.5. The molecule has 1 heterocycles. The highest BCUT2D eigenvalue weighted by Crippen LogP contribution is 2.35. The van der Waals surface area contributed by atoms with Crippen molar-refractivity contribution in [2.75, 3.05) is 12.4 Å². The Morgan fingerprint density at radius 3 is 2.64 bits per heavy atom. The van der Waals surface area contributed by atoms with Crippen LogP contribution in [0.1, 0.15) is 9.67 Å². The molecule has 1 aromatic heterocycles. The van der Waals surface area contributed by atoms with Gasteiger partial charge in [-0.3, -0.25) is 10.1 Å². The number of fused-ring (bicyclic) bond motifs is 1. The van der Waals surface area contributed by atoms with Gasteiger partial charge in [-0.05, 0) is 36.5 Å². The molecular formula is C17H12Cl2N2O2S2. The van der Waals surface area contributed by atoms with E-state index in [0.717, 1.165) is 10.1 Å². The average Bonchev–Trinajstić information content (AvgIpc) is 2.92. The Labute approximate surface area is 163 Å². The summed E-state index contributed by atoms with van der Waals surface area (Å²) in [7, 11) is 1.54. The highest BCUT2D eigenvalue weighted by Gasteiger charge is 2.18. The fourth-order valence-electron chi connectivity index (χ4n) is 2.23. The molecule has 3 aromatic rings. The molecule has 0 unspecified atom stereocenters. The topological polar surface area (TPSA) is 50.4 Å². The van der Waals surface area contributed by atoms with Gasteiger partial charge in [-0.25, -0.2) is 0 Å². The van der Waals surface area contributed by atoms with E-state index >= 15 is 0 Å². The molecule has 0 saturated carbocycles. The molecule has 0 fully saturated rings. The first-order chi connectivity index (χ1) is 12.0. The molecule has 128 valence electrons. The zero-order valence-corrected chi connectivity index (χ0v) is 16.1. The summed E-state index contributed by atoms with van der Waals surface area (Å²) in [6, 6.07) is 12.7. The first kappa shape index (κ1) is 17.9. The standard InChI is InChI=1S/C17H12Cl2N2O2S2/c1-23-12-7-6-9(8-11(12)18)20-17(24)21-16(22)15-14(19)10-4-2-3-5-13(10)25-15/h2-8H,1H3,(H2,20,21,22,24). The quantitative estimate of drug-likeness (QED) is 0.571. The fourth-order valence-corrected chi connectivity index (χ4v) is 4.11. The van der Waals surface area contributed by atoms with Crippen molar-refractivity contribution in [3.05, 3.63) is 57.4 Å². The number of rotatable bonds is 3. The van der Waals surface area contributed by atoms with Crippen LogP contribution in [0.4, 0.5) is 5.69 Å². The number of halogens is 2. The lowest BCUT2D eigenvalue weighted by Gasteiger charge is -2.10. The lowest BCUT2D eigenvalue weighted by molar-refractivity contribution is 0.0982. The van der Waals surface area contributed by atoms with Crippen molar-refractivity contribution >= 4 is 73.5 Å². The molecule has 0 aliphatic carbocycles. The van der Waals surface area contributed by atoms with Gasteiger partial charge >= 0.3 is 0 Å². The van der Waals surface area contributed by atoms with Crippen LogP contribution in [0.3, 0.4) is 0 Å². The average molecular weight is 411 g/mol. The third-order valence-electron chi connectivity index (χ3n) is 3.38. The minimum atomic E-state index is -0.358. The summed E-state index contributed by atoms with van der Waals surface area (Å²) in [5.74, 6) is 0.197. The predicted molar refractivity (Wildman–Crippen MR) is 109 cm³/mol. The number of carbonyl (C=O) groups excluding carboxylic acids is 1. The van der Waals surface area contributed by atoms with Gasteiger partial charge in [-0.15, -0.1) is 11.3 Å². The van der Waals surface area contributed by atoms with E-state index in [1.807, 2.05) is 24.3 Å². The van der Waals surface area contributed by atoms with Crippen LogP contribution in [-0.4, -0.2) is 18.1 Å². The van der Waals surface area contributed by atoms with Gasteiger partial charge < -0.3 is 10.1 Å². The number of thiophene rings is 1. The van der Waals surface area contributed by atoms with Crippen molar-refractivity contribution in [3.8, 4) is 5.75 Å². The van der Waals surface area contributed by atoms with E-state index in [9.17, 15) is 4.79 Å². The second-order valence-electron chi connectivity index (χ2n) is 5.00. The van der Waals surface area contributed by atoms with Crippen LogP contribution < -0.4 is 15.4 Å². The summed E-state index contributed by atoms with van der Waals surface area (Å²) >= 11 is 18.9. The third-order valence-corrected chi connectivity index (χ3v) is 5.55. The molecule has 0 aliphatic rings. The van der Waals surface area contributed by atoms with Gasteiger partial charge in [0.2, 0.25) is 0 Å². The van der Waals surface area contributed by atoms with Gasteiger partial charge in [0.15, 0.2) is 5.11 Å². The Hall–Kier alpha value is -1.86. The molecule has 25 heavy (non-hydrogen) atoms. The van der Waals surface area contributed by atoms with Crippen molar-refractivity contribution in [1.82, 2.24) is 5.32 Å². The predicted octanol–water partition coefficient (Wildman–Crippen LogP) is 5.34. The van der Waals surface area contributed by atoms with Crippen LogP contribution in [0, 0.1) is 0 Å². The van der Waals surface area contributed by atoms with Crippen LogP contribution in [0.25, 0.3) is 10.1 Å². The van der Waals surface area contributed by atoms with Gasteiger partial charge in [0.05, 0.1) is 17.2 Å². The van der Waals surface area contributed by atoms with Crippen molar-refractivity contribution in [2.45, 2.75) is 0 Å². The van der Waals surface area contributed by atoms with Crippen molar-refractivity contribution in [3.63, 3.8) is 0 Å². The van der Waals surface area contributed by atoms with Crippen LogP contribution in [0.15, 0.2) is 42.5 Å². The number of methoxy groups -OCH3 is 1. The molecule has 0 bridgehead atoms. The van der Waals surface area contributed by atoms with Gasteiger partial charge in [0.1, 0.15) is 10.6 Å². The molecular weight excluding hydrogens is 399 g/mol. The number of carbonyl (C=O) groups is 1. The fraction of sp³-hybridized carbons (Fsp3) is 0.0588. The first-order valence-corrected chi connectivity index (χ1v) is 9.10. The van der Waals surface area contributed by atoms with E-state index < -0.39 is 0 Å². The Morgan fingerprint density at radius 1 is 1.20 bits per heavy atom. The highest BCUT2D eigenvalue weighted by atomic mass is 35.5. The Balaban J connectivity index is 1.72. The van der Waals surface area contributed by atoms with E-state index in [1.165, 1.54) is 18.4 Å². The van der Waals surface area contributed by atoms with Gasteiger partial charge in [0.25, 0.3) is 5.91 Å². The zero-order valence-electron chi connectivity index (χ0n) is 12.9. The maximum absolute atomic E-state index is 12.4. The first-order valence-electron chi connectivity index (χ1n) is 7.12. The molecule has 1 amide bonds. The molecule has 0 spiro atoms. The van der Waals surface area contributed by atoms with Crippen LogP contribution in [0.5, 0.6) is 5.75 Å². The number of benzene rings is 2. The minimum absolute atomic E-state index is 0.153. The second-order valence-corrected chi connectivity index (χ2v) is 7.24. The molecule has 8 heteroatoms. The van der Waals surface area contributed by atoms with Crippen LogP contribution in [0.2, 0.25) is 10.0 Å². The van der Waals surface area contributed by atoms with E-state index in [0.29, 0.717) is 26.4 Å². The minimum Gasteiger partial charge on any atom is -0.495 e. The zero-order chi connectivity index (χ0) is 18.0. The van der Waals surface area contributed by atoms with Gasteiger partial charge in [-0.1, -0.05) is 41.4 Å². The summed E-state index contributed by atoms with van der Waals surface area (Å²) in [5, 5.41) is 7.40. The maximum Gasteiger partial charge on any atom is 0.269 e. The van der Waals surface area contributed by atoms with Gasteiger partial charge in [0, 0.05) is 15.8 Å². The number of nitrogens with one attached hydrogen (secondary N) is 2. The number of hydrogen-bond donors (Lipinski definition) is 2. The summed E-state index contributed by atoms with van der Waals surface area (Å²) in [6.45, 7) is 0. The second kappa shape index (κ2) is 7.58. The summed E-state index contributed by atoms with van der Waals surface area (Å²) in [6.07, 6.45) is 0. The Morgan fingerprint density at radius 2 is 1.96 bits per heavy atom. The van der Waals surface area contributed by atoms with Crippen LogP contribution in [-0.2, 0) is 0 Å². The maximum atomic E-state index is 12.4. The molecule has 3 rings (SSSR count). The van der Waals surface area contributed by atoms with E-state index in [1.54, 1.807) is 18.2 Å². The largest absolute Gasteiger partial charge is 0.495 e. The van der Waals surface area contributed by atoms with Gasteiger partial charge in [-0.2, -0.15) is 0 Å². The lowest BCUT2D eigenvalue weighted by atomic mass is 10.2. The highest BCUT2D eigenvalue weighted by molar-refractivity contribution is 7.80. The molecule has 2 aromatic carbocycles. The monoisotopic (exact) mass is 410 g/mol. The lowest BCUT2D eigenvalue weighted by Crippen LogP contribution is -2.33. The summed E-state index contributed by atoms with van der Waals surface area (Å²) in [4.78, 5) is 12.9.